The topological polar surface area (TPSA) is 95.9 Å². The summed E-state index contributed by atoms with van der Waals surface area (Å²) in [5.41, 5.74) is 3.65. The van der Waals surface area contributed by atoms with Gasteiger partial charge in [0.05, 0.1) is 0 Å². The lowest BCUT2D eigenvalue weighted by Crippen LogP contribution is -2.55. The van der Waals surface area contributed by atoms with Crippen LogP contribution >= 0.6 is 0 Å². The fourth-order valence-electron chi connectivity index (χ4n) is 5.70. The van der Waals surface area contributed by atoms with Gasteiger partial charge in [-0.2, -0.15) is 0 Å². The first kappa shape index (κ1) is 21.5. The molecule has 33 heavy (non-hydrogen) atoms. The molecule has 172 valence electrons. The lowest BCUT2D eigenvalue weighted by molar-refractivity contribution is -0.159. The monoisotopic (exact) mass is 448 g/mol. The predicted molar refractivity (Wildman–Crippen MR) is 122 cm³/mol. The fraction of sp³-hybridized carbons (Fsp3) is 0.423. The van der Waals surface area contributed by atoms with E-state index in [0.717, 1.165) is 11.1 Å². The van der Waals surface area contributed by atoms with Crippen LogP contribution in [0.3, 0.4) is 0 Å². The first-order chi connectivity index (χ1) is 15.9. The van der Waals surface area contributed by atoms with Crippen LogP contribution < -0.4 is 5.32 Å². The highest BCUT2D eigenvalue weighted by Crippen LogP contribution is 2.51. The molecule has 2 bridgehead atoms. The van der Waals surface area contributed by atoms with E-state index in [1.54, 1.807) is 6.92 Å². The fourth-order valence-corrected chi connectivity index (χ4v) is 5.70. The smallest absolute Gasteiger partial charge is 0.407 e. The van der Waals surface area contributed by atoms with Gasteiger partial charge >= 0.3 is 12.1 Å². The predicted octanol–water partition coefficient (Wildman–Crippen LogP) is 3.63. The number of fused-ring (bicyclic) bond motifs is 4. The zero-order valence-corrected chi connectivity index (χ0v) is 18.6. The van der Waals surface area contributed by atoms with Crippen molar-refractivity contribution in [1.29, 1.82) is 0 Å². The number of hydrogen-bond acceptors (Lipinski definition) is 4. The molecule has 1 atom stereocenters. The Bertz CT molecular complexity index is 1060. The number of ether oxygens (including phenoxy) is 1. The number of carboxylic acids is 1. The third-order valence-corrected chi connectivity index (χ3v) is 7.49. The molecule has 0 spiro atoms. The SMILES string of the molecule is CC(CCNC(=O)OCC1c2ccccc2-c2ccccc21)C(=O)N1CC2CC1(C(=O)O)C2. The number of nitrogens with one attached hydrogen (secondary N) is 1. The third-order valence-electron chi connectivity index (χ3n) is 7.49. The molecule has 3 fully saturated rings. The lowest BCUT2D eigenvalue weighted by atomic mass is 9.73. The second-order valence-electron chi connectivity index (χ2n) is 9.50. The number of carbonyl (C=O) groups is 3. The van der Waals surface area contributed by atoms with Gasteiger partial charge in [-0.05, 0) is 47.4 Å². The van der Waals surface area contributed by atoms with Crippen molar-refractivity contribution in [3.63, 3.8) is 0 Å². The summed E-state index contributed by atoms with van der Waals surface area (Å²) in [5.74, 6) is -1.12. The Kier molecular flexibility index (Phi) is 5.35. The van der Waals surface area contributed by atoms with Gasteiger partial charge in [-0.25, -0.2) is 9.59 Å². The highest BCUT2D eigenvalue weighted by molar-refractivity contribution is 5.90. The molecule has 2 aliphatic carbocycles. The summed E-state index contributed by atoms with van der Waals surface area (Å²) >= 11 is 0. The Labute approximate surface area is 192 Å². The Morgan fingerprint density at radius 1 is 1.09 bits per heavy atom. The molecule has 2 aromatic carbocycles. The number of alkyl carbamates (subject to hydrolysis) is 1. The number of nitrogens with zero attached hydrogens (tertiary/aromatic N) is 1. The summed E-state index contributed by atoms with van der Waals surface area (Å²) in [7, 11) is 0. The van der Waals surface area contributed by atoms with Crippen LogP contribution in [0.25, 0.3) is 11.1 Å². The minimum atomic E-state index is -1.00. The van der Waals surface area contributed by atoms with Gasteiger partial charge in [0.15, 0.2) is 0 Å². The highest BCUT2D eigenvalue weighted by Gasteiger charge is 2.63. The average molecular weight is 449 g/mol. The molecule has 2 N–H and O–H groups in total. The maximum absolute atomic E-state index is 12.8. The molecule has 2 aliphatic heterocycles. The van der Waals surface area contributed by atoms with Gasteiger partial charge in [0, 0.05) is 24.9 Å². The molecule has 2 aromatic rings. The zero-order valence-electron chi connectivity index (χ0n) is 18.6. The Morgan fingerprint density at radius 2 is 1.70 bits per heavy atom. The summed E-state index contributed by atoms with van der Waals surface area (Å²) in [5, 5.41) is 12.3. The molecule has 0 radical (unpaired) electrons. The quantitative estimate of drug-likeness (QED) is 0.674. The Balaban J connectivity index is 1.12. The summed E-state index contributed by atoms with van der Waals surface area (Å²) in [6, 6.07) is 16.3. The van der Waals surface area contributed by atoms with E-state index in [9.17, 15) is 19.5 Å². The number of aliphatic carboxylic acids is 1. The second-order valence-corrected chi connectivity index (χ2v) is 9.50. The van der Waals surface area contributed by atoms with E-state index >= 15 is 0 Å². The highest BCUT2D eigenvalue weighted by atomic mass is 16.5. The number of carboxylic acid groups (broad SMARTS) is 1. The van der Waals surface area contributed by atoms with Crippen LogP contribution in [0.15, 0.2) is 48.5 Å². The van der Waals surface area contributed by atoms with E-state index in [1.165, 1.54) is 16.0 Å². The maximum atomic E-state index is 12.8. The molecule has 2 heterocycles. The molecule has 7 nitrogen and oxygen atoms in total. The molecule has 6 rings (SSSR count). The van der Waals surface area contributed by atoms with Crippen LogP contribution in [-0.4, -0.2) is 53.2 Å². The molecular formula is C26H28N2O5. The number of amides is 2. The second kappa shape index (κ2) is 8.21. The number of rotatable bonds is 7. The average Bonchev–Trinajstić information content (AvgIpc) is 3.45. The lowest BCUT2D eigenvalue weighted by Gasteiger charge is -2.38. The van der Waals surface area contributed by atoms with Crippen molar-refractivity contribution in [2.45, 2.75) is 37.6 Å². The van der Waals surface area contributed by atoms with Crippen LogP contribution in [0.2, 0.25) is 0 Å². The molecule has 7 heteroatoms. The summed E-state index contributed by atoms with van der Waals surface area (Å²) in [6.45, 7) is 2.84. The van der Waals surface area contributed by atoms with Gasteiger partial charge in [0.2, 0.25) is 5.91 Å². The van der Waals surface area contributed by atoms with Gasteiger partial charge in [0.1, 0.15) is 12.1 Å². The van der Waals surface area contributed by atoms with E-state index in [2.05, 4.69) is 29.6 Å². The molecule has 1 saturated carbocycles. The number of hydrogen-bond donors (Lipinski definition) is 2. The van der Waals surface area contributed by atoms with Crippen molar-refractivity contribution in [2.24, 2.45) is 11.8 Å². The van der Waals surface area contributed by atoms with Gasteiger partial charge < -0.3 is 20.1 Å². The van der Waals surface area contributed by atoms with Gasteiger partial charge in [-0.3, -0.25) is 4.79 Å². The standard InChI is InChI=1S/C26H28N2O5/c1-16(23(29)28-14-17-12-26(28,13-17)24(30)31)10-11-27-25(32)33-15-22-20-8-4-2-6-18(20)19-7-3-5-9-21(19)22/h2-9,16-17,22H,10-15H2,1H3,(H,27,32)(H,30,31). The Morgan fingerprint density at radius 3 is 2.30 bits per heavy atom. The van der Waals surface area contributed by atoms with Crippen molar-refractivity contribution in [3.05, 3.63) is 59.7 Å². The Hall–Kier alpha value is -3.35. The minimum Gasteiger partial charge on any atom is -0.479 e. The van der Waals surface area contributed by atoms with Crippen molar-refractivity contribution < 1.29 is 24.2 Å². The molecular weight excluding hydrogens is 420 g/mol. The molecule has 4 aliphatic rings. The van der Waals surface area contributed by atoms with Crippen molar-refractivity contribution in [2.75, 3.05) is 19.7 Å². The van der Waals surface area contributed by atoms with E-state index in [1.807, 2.05) is 24.3 Å². The van der Waals surface area contributed by atoms with Crippen molar-refractivity contribution in [3.8, 4) is 11.1 Å². The first-order valence-corrected chi connectivity index (χ1v) is 11.5. The van der Waals surface area contributed by atoms with Gasteiger partial charge in [-0.15, -0.1) is 0 Å². The molecule has 0 aromatic heterocycles. The van der Waals surface area contributed by atoms with Crippen LogP contribution in [0.4, 0.5) is 4.79 Å². The van der Waals surface area contributed by atoms with Crippen LogP contribution in [0, 0.1) is 11.8 Å². The normalized spacial score (nSPS) is 23.3. The number of carbonyl (C=O) groups excluding carboxylic acids is 2. The molecule has 2 saturated heterocycles. The van der Waals surface area contributed by atoms with E-state index in [0.29, 0.717) is 38.3 Å². The number of benzene rings is 2. The van der Waals surface area contributed by atoms with E-state index in [4.69, 9.17) is 4.74 Å². The maximum Gasteiger partial charge on any atom is 0.407 e. The van der Waals surface area contributed by atoms with Crippen LogP contribution in [0.1, 0.15) is 43.2 Å². The summed E-state index contributed by atoms with van der Waals surface area (Å²) in [6.07, 6.45) is 1.03. The van der Waals surface area contributed by atoms with Crippen molar-refractivity contribution in [1.82, 2.24) is 10.2 Å². The summed E-state index contributed by atoms with van der Waals surface area (Å²) < 4.78 is 5.53. The largest absolute Gasteiger partial charge is 0.479 e. The van der Waals surface area contributed by atoms with Crippen LogP contribution in [-0.2, 0) is 14.3 Å². The zero-order chi connectivity index (χ0) is 23.2. The van der Waals surface area contributed by atoms with Gasteiger partial charge in [-0.1, -0.05) is 55.5 Å². The van der Waals surface area contributed by atoms with Crippen LogP contribution in [0.5, 0.6) is 0 Å². The van der Waals surface area contributed by atoms with E-state index in [-0.39, 0.29) is 24.3 Å². The molecule has 2 amide bonds. The first-order valence-electron chi connectivity index (χ1n) is 11.5. The van der Waals surface area contributed by atoms with Gasteiger partial charge in [0.25, 0.3) is 0 Å². The summed E-state index contributed by atoms with van der Waals surface area (Å²) in [4.78, 5) is 38.4. The molecule has 1 unspecified atom stereocenters. The minimum absolute atomic E-state index is 0.00230. The van der Waals surface area contributed by atoms with Crippen molar-refractivity contribution >= 4 is 18.0 Å². The van der Waals surface area contributed by atoms with E-state index < -0.39 is 17.6 Å². The third kappa shape index (κ3) is 3.56.